The third kappa shape index (κ3) is 49.5. The van der Waals surface area contributed by atoms with Crippen LogP contribution in [0.3, 0.4) is 0 Å². The van der Waals surface area contributed by atoms with Gasteiger partial charge in [0, 0.05) is 6.42 Å². The number of allylic oxidation sites excluding steroid dienone is 19. The van der Waals surface area contributed by atoms with Crippen molar-refractivity contribution in [2.75, 3.05) is 13.2 Å². The number of hydrogen-bond acceptors (Lipinski definition) is 10. The fraction of sp³-hybridized carbons (Fsp3) is 0.711. The summed E-state index contributed by atoms with van der Waals surface area (Å²) in [4.78, 5) is 26.7. The van der Waals surface area contributed by atoms with Crippen molar-refractivity contribution in [3.05, 3.63) is 122 Å². The van der Waals surface area contributed by atoms with Gasteiger partial charge in [0.05, 0.1) is 25.4 Å². The van der Waals surface area contributed by atoms with E-state index in [9.17, 15) is 35.1 Å². The van der Waals surface area contributed by atoms with Gasteiger partial charge in [0.1, 0.15) is 24.4 Å². The van der Waals surface area contributed by atoms with Crippen molar-refractivity contribution in [2.24, 2.45) is 0 Å². The first kappa shape index (κ1) is 81.1. The van der Waals surface area contributed by atoms with Crippen LogP contribution >= 0.6 is 0 Å². The highest BCUT2D eigenvalue weighted by atomic mass is 16.7. The molecular formula is C76H129NO10. The standard InChI is InChI=1S/C76H129NO10/c1-4-7-10-13-16-19-22-25-27-29-31-33-35-37-39-41-43-46-49-52-55-58-61-64-71(81)87-74-73(83)72(82)70(65-78)86-76(74)85-66-67(68(79)62-59-56-53-50-47-44-24-21-18-15-12-9-6-3)77-75(84)69(80)63-60-57-54-51-48-45-42-40-38-36-34-32-30-28-26-23-20-17-14-11-8-5-2/h8,11,16-17,19-20,25-28,31-34,38,40,45,48,59,62,67-70,72-74,76,78-80,82-83H,4-7,9-10,12-15,18,21-24,29-30,35-37,39,41-44,46-47,49-58,60-61,63-66H2,1-3H3,(H,77,84)/b11-8-,19-16-,20-17-,27-25-,28-26-,33-31-,34-32-,40-38-,48-45-,62-59+. The van der Waals surface area contributed by atoms with E-state index >= 15 is 0 Å². The number of aliphatic hydroxyl groups excluding tert-OH is 5. The number of hydrogen-bond donors (Lipinski definition) is 6. The molecule has 1 rings (SSSR count). The zero-order valence-corrected chi connectivity index (χ0v) is 55.3. The Labute approximate surface area is 531 Å². The predicted octanol–water partition coefficient (Wildman–Crippen LogP) is 18.2. The molecule has 0 radical (unpaired) electrons. The average Bonchev–Trinajstić information content (AvgIpc) is 2.25. The number of rotatable bonds is 59. The molecule has 0 aromatic carbocycles. The van der Waals surface area contributed by atoms with Crippen LogP contribution in [0, 0.1) is 0 Å². The van der Waals surface area contributed by atoms with Crippen LogP contribution in [0.15, 0.2) is 122 Å². The van der Waals surface area contributed by atoms with Crippen molar-refractivity contribution in [3.8, 4) is 0 Å². The maximum Gasteiger partial charge on any atom is 0.306 e. The molecule has 11 heteroatoms. The van der Waals surface area contributed by atoms with Crippen molar-refractivity contribution in [1.29, 1.82) is 0 Å². The van der Waals surface area contributed by atoms with Gasteiger partial charge in [-0.15, -0.1) is 0 Å². The molecule has 1 heterocycles. The lowest BCUT2D eigenvalue weighted by Gasteiger charge is -2.41. The molecule has 0 saturated carbocycles. The minimum absolute atomic E-state index is 0.110. The first-order chi connectivity index (χ1) is 42.7. The Morgan fingerprint density at radius 1 is 0.460 bits per heavy atom. The molecule has 1 saturated heterocycles. The second kappa shape index (κ2) is 62.3. The molecule has 1 fully saturated rings. The molecule has 1 aliphatic rings. The molecule has 1 aliphatic heterocycles. The van der Waals surface area contributed by atoms with Gasteiger partial charge in [-0.1, -0.05) is 284 Å². The van der Waals surface area contributed by atoms with Crippen LogP contribution < -0.4 is 5.32 Å². The Balaban J connectivity index is 2.64. The number of esters is 1. The molecule has 0 aromatic rings. The summed E-state index contributed by atoms with van der Waals surface area (Å²) in [6, 6.07) is -1.05. The van der Waals surface area contributed by atoms with Crippen molar-refractivity contribution < 1.29 is 49.3 Å². The first-order valence-electron chi connectivity index (χ1n) is 35.3. The second-order valence-corrected chi connectivity index (χ2v) is 23.9. The van der Waals surface area contributed by atoms with E-state index in [1.54, 1.807) is 6.08 Å². The zero-order valence-electron chi connectivity index (χ0n) is 55.3. The number of unbranched alkanes of at least 4 members (excludes halogenated alkanes) is 27. The van der Waals surface area contributed by atoms with Crippen LogP contribution in [-0.2, 0) is 23.8 Å². The summed E-state index contributed by atoms with van der Waals surface area (Å²) in [6.45, 7) is 5.65. The van der Waals surface area contributed by atoms with Crippen LogP contribution in [0.2, 0.25) is 0 Å². The van der Waals surface area contributed by atoms with Crippen molar-refractivity contribution in [1.82, 2.24) is 5.32 Å². The van der Waals surface area contributed by atoms with E-state index in [4.69, 9.17) is 14.2 Å². The summed E-state index contributed by atoms with van der Waals surface area (Å²) in [5, 5.41) is 57.2. The van der Waals surface area contributed by atoms with Crippen LogP contribution in [0.4, 0.5) is 0 Å². The molecule has 0 aromatic heterocycles. The van der Waals surface area contributed by atoms with Gasteiger partial charge in [0.2, 0.25) is 5.91 Å². The Hall–Kier alpha value is -3.94. The minimum atomic E-state index is -1.63. The van der Waals surface area contributed by atoms with Gasteiger partial charge in [-0.25, -0.2) is 0 Å². The van der Waals surface area contributed by atoms with Gasteiger partial charge in [-0.2, -0.15) is 0 Å². The third-order valence-corrected chi connectivity index (χ3v) is 15.8. The van der Waals surface area contributed by atoms with E-state index in [2.05, 4.69) is 135 Å². The summed E-state index contributed by atoms with van der Waals surface area (Å²) in [7, 11) is 0. The minimum Gasteiger partial charge on any atom is -0.454 e. The number of aliphatic hydroxyl groups is 5. The summed E-state index contributed by atoms with van der Waals surface area (Å²) in [5.74, 6) is -1.23. The highest BCUT2D eigenvalue weighted by Crippen LogP contribution is 2.26. The lowest BCUT2D eigenvalue weighted by Crippen LogP contribution is -2.61. The highest BCUT2D eigenvalue weighted by Gasteiger charge is 2.47. The lowest BCUT2D eigenvalue weighted by atomic mass is 9.99. The topological polar surface area (TPSA) is 175 Å². The molecule has 8 atom stereocenters. The molecule has 498 valence electrons. The fourth-order valence-corrected chi connectivity index (χ4v) is 10.3. The number of carbonyl (C=O) groups is 2. The predicted molar refractivity (Wildman–Crippen MR) is 365 cm³/mol. The summed E-state index contributed by atoms with van der Waals surface area (Å²) in [6.07, 6.45) is 76.5. The molecule has 8 unspecified atom stereocenters. The van der Waals surface area contributed by atoms with E-state index in [1.165, 1.54) is 109 Å². The average molecular weight is 1220 g/mol. The van der Waals surface area contributed by atoms with Gasteiger partial charge < -0.3 is 45.1 Å². The normalized spacial score (nSPS) is 19.0. The van der Waals surface area contributed by atoms with Crippen molar-refractivity contribution >= 4 is 11.9 Å². The molecular weight excluding hydrogens is 1090 g/mol. The van der Waals surface area contributed by atoms with E-state index < -0.39 is 67.4 Å². The lowest BCUT2D eigenvalue weighted by molar-refractivity contribution is -0.305. The number of carbonyl (C=O) groups excluding carboxylic acids is 2. The summed E-state index contributed by atoms with van der Waals surface area (Å²) < 4.78 is 17.7. The monoisotopic (exact) mass is 1220 g/mol. The molecule has 0 aliphatic carbocycles. The number of ether oxygens (including phenoxy) is 3. The highest BCUT2D eigenvalue weighted by molar-refractivity contribution is 5.80. The van der Waals surface area contributed by atoms with Gasteiger partial charge in [-0.05, 0) is 116 Å². The van der Waals surface area contributed by atoms with Crippen LogP contribution in [-0.4, -0.2) is 99.6 Å². The molecule has 0 spiro atoms. The van der Waals surface area contributed by atoms with E-state index in [0.717, 1.165) is 128 Å². The van der Waals surface area contributed by atoms with Gasteiger partial charge in [0.15, 0.2) is 12.4 Å². The SMILES string of the molecule is CC/C=C\C/C=C\C/C=C\C/C=C\C/C=C\C/C=C\CCCCCC(O)C(=O)NC(COC1OC(CO)C(O)C(O)C1OC(=O)CCCCCCCCCCCC/C=C\C/C=C\C/C=C\CCCCC)C(O)/C=C/CCCCCCCCCCCCC. The van der Waals surface area contributed by atoms with Gasteiger partial charge in [-0.3, -0.25) is 9.59 Å². The molecule has 1 amide bonds. The van der Waals surface area contributed by atoms with E-state index in [-0.39, 0.29) is 19.4 Å². The Bertz CT molecular complexity index is 1880. The Kier molecular flexibility index (Phi) is 58.0. The Morgan fingerprint density at radius 3 is 1.26 bits per heavy atom. The van der Waals surface area contributed by atoms with Crippen molar-refractivity contribution in [2.45, 2.75) is 333 Å². The van der Waals surface area contributed by atoms with Gasteiger partial charge in [0.25, 0.3) is 0 Å². The summed E-state index contributed by atoms with van der Waals surface area (Å²) in [5.41, 5.74) is 0. The number of amides is 1. The van der Waals surface area contributed by atoms with Crippen LogP contribution in [0.5, 0.6) is 0 Å². The zero-order chi connectivity index (χ0) is 63.1. The van der Waals surface area contributed by atoms with Crippen LogP contribution in [0.1, 0.15) is 284 Å². The van der Waals surface area contributed by atoms with E-state index in [1.807, 2.05) is 6.08 Å². The second-order valence-electron chi connectivity index (χ2n) is 23.9. The maximum atomic E-state index is 13.5. The smallest absolute Gasteiger partial charge is 0.306 e. The summed E-state index contributed by atoms with van der Waals surface area (Å²) >= 11 is 0. The molecule has 0 bridgehead atoms. The third-order valence-electron chi connectivity index (χ3n) is 15.8. The fourth-order valence-electron chi connectivity index (χ4n) is 10.3. The van der Waals surface area contributed by atoms with Gasteiger partial charge >= 0.3 is 5.97 Å². The maximum absolute atomic E-state index is 13.5. The Morgan fingerprint density at radius 2 is 0.828 bits per heavy atom. The van der Waals surface area contributed by atoms with Crippen molar-refractivity contribution in [3.63, 3.8) is 0 Å². The molecule has 11 nitrogen and oxygen atoms in total. The van der Waals surface area contributed by atoms with E-state index in [0.29, 0.717) is 12.8 Å². The molecule has 6 N–H and O–H groups in total. The van der Waals surface area contributed by atoms with Crippen LogP contribution in [0.25, 0.3) is 0 Å². The number of nitrogens with one attached hydrogen (secondary N) is 1. The molecule has 87 heavy (non-hydrogen) atoms. The quantitative estimate of drug-likeness (QED) is 0.0195. The largest absolute Gasteiger partial charge is 0.454 e. The first-order valence-corrected chi connectivity index (χ1v) is 35.3.